The van der Waals surface area contributed by atoms with E-state index in [1.807, 2.05) is 61.0 Å². The topological polar surface area (TPSA) is 76.0 Å². The van der Waals surface area contributed by atoms with Crippen molar-refractivity contribution < 1.29 is 28.5 Å². The van der Waals surface area contributed by atoms with Gasteiger partial charge in [0, 0.05) is 35.6 Å². The third-order valence-electron chi connectivity index (χ3n) is 6.45. The first-order chi connectivity index (χ1) is 18.9. The van der Waals surface area contributed by atoms with Crippen LogP contribution in [0, 0.1) is 6.92 Å². The Kier molecular flexibility index (Phi) is 9.05. The van der Waals surface area contributed by atoms with Gasteiger partial charge in [0.2, 0.25) is 0 Å². The largest absolute Gasteiger partial charge is 0.497 e. The Bertz CT molecular complexity index is 1470. The van der Waals surface area contributed by atoms with Crippen LogP contribution in [0.25, 0.3) is 17.0 Å². The van der Waals surface area contributed by atoms with Gasteiger partial charge in [-0.1, -0.05) is 18.2 Å². The number of aromatic nitrogens is 1. The van der Waals surface area contributed by atoms with Gasteiger partial charge in [0.25, 0.3) is 0 Å². The molecule has 0 saturated heterocycles. The maximum Gasteiger partial charge on any atom is 0.340 e. The lowest BCUT2D eigenvalue weighted by Crippen LogP contribution is -2.06. The molecule has 0 fully saturated rings. The van der Waals surface area contributed by atoms with Gasteiger partial charge >= 0.3 is 5.97 Å². The number of aryl methyl sites for hydroxylation is 1. The van der Waals surface area contributed by atoms with Gasteiger partial charge in [-0.05, 0) is 80.1 Å². The molecule has 0 aliphatic heterocycles. The summed E-state index contributed by atoms with van der Waals surface area (Å²) in [6.45, 7) is 4.95. The van der Waals surface area contributed by atoms with Crippen molar-refractivity contribution in [3.8, 4) is 17.2 Å². The quantitative estimate of drug-likeness (QED) is 0.0916. The summed E-state index contributed by atoms with van der Waals surface area (Å²) in [5.74, 6) is 1.73. The summed E-state index contributed by atoms with van der Waals surface area (Å²) in [4.78, 5) is 25.0. The Morgan fingerprint density at radius 3 is 2.18 bits per heavy atom. The van der Waals surface area contributed by atoms with Gasteiger partial charge in [-0.2, -0.15) is 0 Å². The third kappa shape index (κ3) is 6.68. The predicted octanol–water partition coefficient (Wildman–Crippen LogP) is 6.42. The molecular formula is C32H33NO6. The highest BCUT2D eigenvalue weighted by Gasteiger charge is 2.20. The van der Waals surface area contributed by atoms with E-state index in [4.69, 9.17) is 18.9 Å². The average molecular weight is 528 g/mol. The van der Waals surface area contributed by atoms with Gasteiger partial charge in [-0.15, -0.1) is 0 Å². The Morgan fingerprint density at radius 2 is 1.51 bits per heavy atom. The molecule has 7 nitrogen and oxygen atoms in total. The van der Waals surface area contributed by atoms with Gasteiger partial charge in [-0.3, -0.25) is 4.79 Å². The van der Waals surface area contributed by atoms with Crippen molar-refractivity contribution in [2.45, 2.75) is 20.3 Å². The monoisotopic (exact) mass is 527 g/mol. The standard InChI is InChI=1S/C32H33NO6/c1-5-37-32(35)31-22(2)33(3)29-17-16-27(21-28(29)31)39-20-6-19-38-26-14-10-24(11-15-26)30(34)18-9-23-7-12-25(36-4)13-8-23/h7-18,21H,5-6,19-20H2,1-4H3. The van der Waals surface area contributed by atoms with Crippen molar-refractivity contribution >= 4 is 28.7 Å². The number of fused-ring (bicyclic) bond motifs is 1. The number of hydrogen-bond acceptors (Lipinski definition) is 6. The third-order valence-corrected chi connectivity index (χ3v) is 6.45. The predicted molar refractivity (Wildman–Crippen MR) is 152 cm³/mol. The number of rotatable bonds is 12. The Hall–Kier alpha value is -4.52. The highest BCUT2D eigenvalue weighted by atomic mass is 16.5. The minimum atomic E-state index is -0.327. The lowest BCUT2D eigenvalue weighted by molar-refractivity contribution is 0.0527. The zero-order valence-corrected chi connectivity index (χ0v) is 22.7. The van der Waals surface area contributed by atoms with Crippen molar-refractivity contribution in [2.24, 2.45) is 7.05 Å². The molecule has 0 spiro atoms. The summed E-state index contributed by atoms with van der Waals surface area (Å²) < 4.78 is 24.1. The summed E-state index contributed by atoms with van der Waals surface area (Å²) in [5.41, 5.74) is 3.88. The van der Waals surface area contributed by atoms with Crippen LogP contribution in [0.5, 0.6) is 17.2 Å². The Morgan fingerprint density at radius 1 is 0.872 bits per heavy atom. The molecule has 0 N–H and O–H groups in total. The highest BCUT2D eigenvalue weighted by Crippen LogP contribution is 2.29. The summed E-state index contributed by atoms with van der Waals surface area (Å²) in [6.07, 6.45) is 4.00. The average Bonchev–Trinajstić information content (AvgIpc) is 3.21. The van der Waals surface area contributed by atoms with Crippen LogP contribution in [0.2, 0.25) is 0 Å². The molecule has 1 heterocycles. The van der Waals surface area contributed by atoms with E-state index in [9.17, 15) is 9.59 Å². The lowest BCUT2D eigenvalue weighted by atomic mass is 10.1. The fraction of sp³-hybridized carbons (Fsp3) is 0.250. The first-order valence-electron chi connectivity index (χ1n) is 12.9. The van der Waals surface area contributed by atoms with Crippen molar-refractivity contribution in [3.05, 3.63) is 95.2 Å². The van der Waals surface area contributed by atoms with Gasteiger partial charge in [0.15, 0.2) is 5.78 Å². The maximum atomic E-state index is 12.5. The number of benzene rings is 3. The summed E-state index contributed by atoms with van der Waals surface area (Å²) in [5, 5.41) is 0.815. The highest BCUT2D eigenvalue weighted by molar-refractivity contribution is 6.07. The van der Waals surface area contributed by atoms with Crippen LogP contribution in [0.4, 0.5) is 0 Å². The number of esters is 1. The second kappa shape index (κ2) is 12.8. The van der Waals surface area contributed by atoms with Crippen LogP contribution in [-0.4, -0.2) is 43.3 Å². The van der Waals surface area contributed by atoms with E-state index in [-0.39, 0.29) is 11.8 Å². The van der Waals surface area contributed by atoms with Crippen molar-refractivity contribution in [3.63, 3.8) is 0 Å². The zero-order valence-electron chi connectivity index (χ0n) is 22.7. The molecule has 0 aliphatic rings. The SMILES string of the molecule is CCOC(=O)c1c(C)n(C)c2ccc(OCCCOc3ccc(C(=O)C=Cc4ccc(OC)cc4)cc3)cc12. The number of methoxy groups -OCH3 is 1. The molecule has 4 aromatic rings. The summed E-state index contributed by atoms with van der Waals surface area (Å²) in [6, 6.07) is 20.3. The normalized spacial score (nSPS) is 11.1. The minimum Gasteiger partial charge on any atom is -0.497 e. The van der Waals surface area contributed by atoms with Crippen LogP contribution < -0.4 is 14.2 Å². The van der Waals surface area contributed by atoms with Gasteiger partial charge in [0.1, 0.15) is 17.2 Å². The van der Waals surface area contributed by atoms with Crippen LogP contribution >= 0.6 is 0 Å². The first kappa shape index (κ1) is 27.5. The second-order valence-electron chi connectivity index (χ2n) is 8.96. The van der Waals surface area contributed by atoms with E-state index < -0.39 is 0 Å². The molecule has 39 heavy (non-hydrogen) atoms. The number of allylic oxidation sites excluding steroid dienone is 1. The van der Waals surface area contributed by atoms with Crippen LogP contribution in [0.15, 0.2) is 72.8 Å². The second-order valence-corrected chi connectivity index (χ2v) is 8.96. The number of nitrogens with zero attached hydrogens (tertiary/aromatic N) is 1. The molecule has 0 radical (unpaired) electrons. The molecule has 0 saturated carbocycles. The minimum absolute atomic E-state index is 0.0811. The van der Waals surface area contributed by atoms with Gasteiger partial charge < -0.3 is 23.5 Å². The smallest absolute Gasteiger partial charge is 0.340 e. The lowest BCUT2D eigenvalue weighted by Gasteiger charge is -2.09. The molecule has 7 heteroatoms. The summed E-state index contributed by atoms with van der Waals surface area (Å²) in [7, 11) is 3.55. The van der Waals surface area contributed by atoms with Crippen LogP contribution in [0.1, 0.15) is 45.3 Å². The van der Waals surface area contributed by atoms with Gasteiger partial charge in [0.05, 0.1) is 32.5 Å². The zero-order chi connectivity index (χ0) is 27.8. The van der Waals surface area contributed by atoms with E-state index in [1.54, 1.807) is 50.5 Å². The fourth-order valence-electron chi connectivity index (χ4n) is 4.24. The van der Waals surface area contributed by atoms with E-state index in [0.717, 1.165) is 27.9 Å². The van der Waals surface area contributed by atoms with E-state index in [0.29, 0.717) is 48.9 Å². The molecule has 0 unspecified atom stereocenters. The molecule has 1 aromatic heterocycles. The Balaban J connectivity index is 1.26. The van der Waals surface area contributed by atoms with Crippen molar-refractivity contribution in [2.75, 3.05) is 26.9 Å². The Labute approximate surface area is 228 Å². The first-order valence-corrected chi connectivity index (χ1v) is 12.9. The van der Waals surface area contributed by atoms with Crippen LogP contribution in [0.3, 0.4) is 0 Å². The molecular weight excluding hydrogens is 494 g/mol. The summed E-state index contributed by atoms with van der Waals surface area (Å²) >= 11 is 0. The molecule has 0 bridgehead atoms. The van der Waals surface area contributed by atoms with E-state index >= 15 is 0 Å². The molecule has 0 atom stereocenters. The van der Waals surface area contributed by atoms with E-state index in [2.05, 4.69) is 0 Å². The number of ketones is 1. The van der Waals surface area contributed by atoms with Gasteiger partial charge in [-0.25, -0.2) is 4.79 Å². The number of carbonyl (C=O) groups excluding carboxylic acids is 2. The van der Waals surface area contributed by atoms with Crippen molar-refractivity contribution in [1.29, 1.82) is 0 Å². The number of ether oxygens (including phenoxy) is 4. The molecule has 0 amide bonds. The van der Waals surface area contributed by atoms with E-state index in [1.165, 1.54) is 0 Å². The molecule has 3 aromatic carbocycles. The number of carbonyl (C=O) groups is 2. The van der Waals surface area contributed by atoms with Crippen molar-refractivity contribution in [1.82, 2.24) is 4.57 Å². The molecule has 202 valence electrons. The van der Waals surface area contributed by atoms with Crippen LogP contribution in [-0.2, 0) is 11.8 Å². The number of hydrogen-bond donors (Lipinski definition) is 0. The maximum absolute atomic E-state index is 12.5. The molecule has 0 aliphatic carbocycles. The fourth-order valence-corrected chi connectivity index (χ4v) is 4.24. The molecule has 4 rings (SSSR count).